The number of furan rings is 1. The molecule has 0 saturated heterocycles. The number of carbonyl (C=O) groups excluding carboxylic acids is 2. The first-order valence-corrected chi connectivity index (χ1v) is 12.5. The fraction of sp³-hybridized carbons (Fsp3) is 0.300. The first-order chi connectivity index (χ1) is 20.8. The van der Waals surface area contributed by atoms with Gasteiger partial charge in [0.1, 0.15) is 17.4 Å². The van der Waals surface area contributed by atoms with Crippen LogP contribution in [0.1, 0.15) is 51.9 Å². The molecule has 2 aromatic heterocycles. The molecule has 0 unspecified atom stereocenters. The minimum atomic E-state index is -5.88. The molecule has 2 aromatic carbocycles. The maximum Gasteiger partial charge on any atom is 0.455 e. The van der Waals surface area contributed by atoms with Gasteiger partial charge in [-0.3, -0.25) is 9.59 Å². The fourth-order valence-electron chi connectivity index (χ4n) is 4.19. The van der Waals surface area contributed by atoms with E-state index >= 15 is 0 Å². The van der Waals surface area contributed by atoms with Crippen molar-refractivity contribution in [1.29, 1.82) is 0 Å². The van der Waals surface area contributed by atoms with Crippen LogP contribution in [0.5, 0.6) is 0 Å². The van der Waals surface area contributed by atoms with E-state index in [-0.39, 0.29) is 51.1 Å². The second-order valence-electron chi connectivity index (χ2n) is 10.2. The number of pyridine rings is 1. The lowest BCUT2D eigenvalue weighted by Gasteiger charge is -2.21. The second kappa shape index (κ2) is 11.1. The van der Waals surface area contributed by atoms with Gasteiger partial charge in [-0.05, 0) is 47.4 Å². The van der Waals surface area contributed by atoms with E-state index in [1.807, 2.05) is 5.32 Å². The number of nitrogens with one attached hydrogen (secondary N) is 2. The number of nitrogens with zero attached hydrogens (tertiary/aromatic N) is 1. The third-order valence-electron chi connectivity index (χ3n) is 6.23. The molecule has 0 aliphatic rings. The van der Waals surface area contributed by atoms with Crippen LogP contribution in [0.2, 0.25) is 0 Å². The van der Waals surface area contributed by atoms with Crippen LogP contribution in [0.15, 0.2) is 59.0 Å². The van der Waals surface area contributed by atoms with Crippen molar-refractivity contribution in [1.82, 2.24) is 10.3 Å². The topological polar surface area (TPSA) is 84.2 Å². The lowest BCUT2D eigenvalue weighted by molar-refractivity contribution is -0.275. The summed E-state index contributed by atoms with van der Waals surface area (Å²) >= 11 is 0. The molecule has 0 spiro atoms. The normalized spacial score (nSPS) is 13.8. The van der Waals surface area contributed by atoms with E-state index in [4.69, 9.17) is 8.53 Å². The highest BCUT2D eigenvalue weighted by Gasteiger charge is 2.57. The molecule has 0 saturated carbocycles. The van der Waals surface area contributed by atoms with Gasteiger partial charge in [0, 0.05) is 34.3 Å². The van der Waals surface area contributed by atoms with Crippen molar-refractivity contribution in [3.63, 3.8) is 0 Å². The van der Waals surface area contributed by atoms with Gasteiger partial charge in [-0.25, -0.2) is 4.39 Å². The van der Waals surface area contributed by atoms with E-state index in [1.54, 1.807) is 0 Å². The van der Waals surface area contributed by atoms with Crippen LogP contribution >= 0.6 is 0 Å². The third-order valence-corrected chi connectivity index (χ3v) is 6.23. The number of aromatic nitrogens is 1. The van der Waals surface area contributed by atoms with Crippen molar-refractivity contribution < 1.29 is 44.5 Å². The van der Waals surface area contributed by atoms with Crippen LogP contribution in [0.25, 0.3) is 33.6 Å². The quantitative estimate of drug-likeness (QED) is 0.160. The summed E-state index contributed by atoms with van der Waals surface area (Å²) < 4.78 is 109. The number of ketones is 1. The van der Waals surface area contributed by atoms with Crippen LogP contribution in [0.4, 0.5) is 32.2 Å². The number of halogens is 6. The van der Waals surface area contributed by atoms with E-state index in [0.717, 1.165) is 12.1 Å². The SMILES string of the molecule is [2H]C([2H])([2H])C(C)(C)CC(=O)c1cccc(-c2cc3c(C(=O)NC)c(-c4ccc(F)cc4)oc3nc2NCC(F)(F)C(F)(F)F)c1. The molecule has 42 heavy (non-hydrogen) atoms. The minimum Gasteiger partial charge on any atom is -0.437 e. The summed E-state index contributed by atoms with van der Waals surface area (Å²) in [6, 6.07) is 11.7. The van der Waals surface area contributed by atoms with Gasteiger partial charge < -0.3 is 15.1 Å². The number of hydrogen-bond donors (Lipinski definition) is 2. The number of anilines is 1. The number of benzene rings is 2. The van der Waals surface area contributed by atoms with Crippen molar-refractivity contribution in [2.75, 3.05) is 18.9 Å². The standard InChI is InChI=1S/C30H27F6N3O3/c1-28(2,3)14-22(40)18-7-5-6-17(12-18)20-13-21-23(26(41)37-4)24(16-8-10-19(31)11-9-16)42-27(21)39-25(20)38-15-29(32,33)30(34,35)36/h5-13H,14-15H2,1-4H3,(H,37,41)(H,38,39)/i1D3. The highest BCUT2D eigenvalue weighted by Crippen LogP contribution is 2.40. The zero-order chi connectivity index (χ0) is 33.5. The molecule has 1 amide bonds. The fourth-order valence-corrected chi connectivity index (χ4v) is 4.19. The first kappa shape index (κ1) is 26.5. The molecule has 0 radical (unpaired) electrons. The number of rotatable bonds is 8. The predicted molar refractivity (Wildman–Crippen MR) is 146 cm³/mol. The van der Waals surface area contributed by atoms with E-state index in [2.05, 4.69) is 10.3 Å². The Hall–Kier alpha value is -4.35. The molecule has 0 aliphatic carbocycles. The number of alkyl halides is 5. The third kappa shape index (κ3) is 6.42. The summed E-state index contributed by atoms with van der Waals surface area (Å²) in [5.41, 5.74) is -1.42. The number of hydrogen-bond acceptors (Lipinski definition) is 5. The summed E-state index contributed by atoms with van der Waals surface area (Å²) in [5.74, 6) is -7.52. The van der Waals surface area contributed by atoms with Gasteiger partial charge in [0.25, 0.3) is 5.91 Å². The maximum absolute atomic E-state index is 13.9. The Morgan fingerprint density at radius 1 is 1.00 bits per heavy atom. The molecule has 0 bridgehead atoms. The van der Waals surface area contributed by atoms with Crippen molar-refractivity contribution in [2.45, 2.75) is 39.2 Å². The van der Waals surface area contributed by atoms with Crippen molar-refractivity contribution in [3.05, 3.63) is 71.5 Å². The second-order valence-corrected chi connectivity index (χ2v) is 10.2. The molecule has 0 fully saturated rings. The Labute approximate surface area is 241 Å². The van der Waals surface area contributed by atoms with E-state index in [0.29, 0.717) is 0 Å². The van der Waals surface area contributed by atoms with Crippen LogP contribution in [0.3, 0.4) is 0 Å². The molecule has 0 atom stereocenters. The van der Waals surface area contributed by atoms with Crippen LogP contribution in [-0.2, 0) is 0 Å². The Morgan fingerprint density at radius 2 is 1.69 bits per heavy atom. The van der Waals surface area contributed by atoms with Crippen LogP contribution in [-0.4, -0.2) is 42.4 Å². The molecule has 12 heteroatoms. The largest absolute Gasteiger partial charge is 0.455 e. The van der Waals surface area contributed by atoms with Gasteiger partial charge in [0.2, 0.25) is 5.71 Å². The molecule has 4 rings (SSSR count). The Bertz CT molecular complexity index is 1750. The maximum atomic E-state index is 13.9. The highest BCUT2D eigenvalue weighted by molar-refractivity contribution is 6.11. The average Bonchev–Trinajstić information content (AvgIpc) is 3.32. The highest BCUT2D eigenvalue weighted by atomic mass is 19.4. The summed E-state index contributed by atoms with van der Waals surface area (Å²) in [5, 5.41) is 4.51. The lowest BCUT2D eigenvalue weighted by atomic mass is 9.87. The average molecular weight is 595 g/mol. The zero-order valence-electron chi connectivity index (χ0n) is 25.6. The first-order valence-electron chi connectivity index (χ1n) is 14.0. The summed E-state index contributed by atoms with van der Waals surface area (Å²) in [6.45, 7) is -1.56. The number of amides is 1. The zero-order valence-corrected chi connectivity index (χ0v) is 22.6. The van der Waals surface area contributed by atoms with Crippen LogP contribution < -0.4 is 10.6 Å². The van der Waals surface area contributed by atoms with Gasteiger partial charge >= 0.3 is 12.1 Å². The number of fused-ring (bicyclic) bond motifs is 1. The molecular formula is C30H27F6N3O3. The van der Waals surface area contributed by atoms with E-state index in [1.165, 1.54) is 63.4 Å². The summed E-state index contributed by atoms with van der Waals surface area (Å²) in [7, 11) is 1.33. The minimum absolute atomic E-state index is 0.0390. The molecule has 4 aromatic rings. The van der Waals surface area contributed by atoms with Gasteiger partial charge in [-0.1, -0.05) is 38.9 Å². The smallest absolute Gasteiger partial charge is 0.437 e. The number of Topliss-reactive ketones (excluding diaryl/α,β-unsaturated/α-hetero) is 1. The predicted octanol–water partition coefficient (Wildman–Crippen LogP) is 7.89. The van der Waals surface area contributed by atoms with E-state index in [9.17, 15) is 35.9 Å². The van der Waals surface area contributed by atoms with Crippen molar-refractivity contribution >= 4 is 28.6 Å². The summed E-state index contributed by atoms with van der Waals surface area (Å²) in [6.07, 6.45) is -6.25. The Morgan fingerprint density at radius 3 is 2.31 bits per heavy atom. The number of carbonyl (C=O) groups is 2. The molecule has 2 N–H and O–H groups in total. The molecular weight excluding hydrogens is 564 g/mol. The van der Waals surface area contributed by atoms with Gasteiger partial charge in [0.15, 0.2) is 5.78 Å². The molecule has 222 valence electrons. The monoisotopic (exact) mass is 594 g/mol. The lowest BCUT2D eigenvalue weighted by Crippen LogP contribution is -2.42. The molecule has 2 heterocycles. The van der Waals surface area contributed by atoms with Crippen LogP contribution in [0, 0.1) is 11.2 Å². The van der Waals surface area contributed by atoms with Gasteiger partial charge in [-0.2, -0.15) is 26.9 Å². The molecule has 6 nitrogen and oxygen atoms in total. The molecule has 0 aliphatic heterocycles. The van der Waals surface area contributed by atoms with Crippen molar-refractivity contribution in [3.8, 4) is 22.5 Å². The summed E-state index contributed by atoms with van der Waals surface area (Å²) in [4.78, 5) is 30.3. The Kier molecular flexibility index (Phi) is 7.04. The van der Waals surface area contributed by atoms with Crippen molar-refractivity contribution in [2.24, 2.45) is 5.41 Å². The Balaban J connectivity index is 1.92. The van der Waals surface area contributed by atoms with E-state index < -0.39 is 54.2 Å². The van der Waals surface area contributed by atoms with Gasteiger partial charge in [0.05, 0.1) is 17.5 Å². The van der Waals surface area contributed by atoms with Gasteiger partial charge in [-0.15, -0.1) is 0 Å².